The Bertz CT molecular complexity index is 677. The summed E-state index contributed by atoms with van der Waals surface area (Å²) < 4.78 is 13.3. The minimum atomic E-state index is -0.747. The average molecular weight is 284 g/mol. The minimum absolute atomic E-state index is 0.366. The van der Waals surface area contributed by atoms with E-state index in [1.165, 1.54) is 12.1 Å². The second-order valence-electron chi connectivity index (χ2n) is 5.05. The highest BCUT2D eigenvalue weighted by Crippen LogP contribution is 2.27. The third-order valence-electron chi connectivity index (χ3n) is 3.33. The van der Waals surface area contributed by atoms with Gasteiger partial charge in [0, 0.05) is 24.8 Å². The van der Waals surface area contributed by atoms with Gasteiger partial charge in [0.05, 0.1) is 17.7 Å². The van der Waals surface area contributed by atoms with E-state index in [0.29, 0.717) is 17.7 Å². The van der Waals surface area contributed by atoms with E-state index in [4.69, 9.17) is 5.26 Å². The van der Waals surface area contributed by atoms with Crippen LogP contribution in [0.1, 0.15) is 29.7 Å². The number of halogens is 1. The molecular formula is C17H17FN2O. The number of nitrogens with zero attached hydrogens (tertiary/aromatic N) is 2. The molecule has 2 aromatic carbocycles. The summed E-state index contributed by atoms with van der Waals surface area (Å²) >= 11 is 0. The van der Waals surface area contributed by atoms with Crippen LogP contribution in [0, 0.1) is 17.1 Å². The number of rotatable bonds is 4. The molecule has 0 aliphatic heterocycles. The lowest BCUT2D eigenvalue weighted by Gasteiger charge is -2.24. The lowest BCUT2D eigenvalue weighted by atomic mass is 10.1. The summed E-state index contributed by atoms with van der Waals surface area (Å²) in [4.78, 5) is 1.93. The van der Waals surface area contributed by atoms with Crippen LogP contribution in [0.25, 0.3) is 0 Å². The van der Waals surface area contributed by atoms with E-state index in [0.717, 1.165) is 11.3 Å². The molecule has 0 aromatic heterocycles. The van der Waals surface area contributed by atoms with Crippen LogP contribution < -0.4 is 4.90 Å². The van der Waals surface area contributed by atoms with Crippen LogP contribution in [0.2, 0.25) is 0 Å². The van der Waals surface area contributed by atoms with E-state index < -0.39 is 6.10 Å². The largest absolute Gasteiger partial charge is 0.389 e. The van der Waals surface area contributed by atoms with Crippen molar-refractivity contribution in [3.8, 4) is 6.07 Å². The molecule has 0 fully saturated rings. The summed E-state index contributed by atoms with van der Waals surface area (Å²) in [6.07, 6.45) is -0.747. The number of benzene rings is 2. The van der Waals surface area contributed by atoms with Crippen LogP contribution in [0.4, 0.5) is 10.1 Å². The van der Waals surface area contributed by atoms with Gasteiger partial charge in [0.25, 0.3) is 0 Å². The van der Waals surface area contributed by atoms with Crippen molar-refractivity contribution in [2.24, 2.45) is 0 Å². The van der Waals surface area contributed by atoms with Crippen molar-refractivity contribution in [2.45, 2.75) is 19.6 Å². The van der Waals surface area contributed by atoms with Gasteiger partial charge in [-0.2, -0.15) is 5.26 Å². The lowest BCUT2D eigenvalue weighted by molar-refractivity contribution is 0.199. The fraction of sp³-hybridized carbons (Fsp3) is 0.235. The Labute approximate surface area is 123 Å². The maximum Gasteiger partial charge on any atom is 0.123 e. The lowest BCUT2D eigenvalue weighted by Crippen LogP contribution is -2.18. The van der Waals surface area contributed by atoms with Crippen LogP contribution in [0.15, 0.2) is 42.5 Å². The van der Waals surface area contributed by atoms with E-state index in [9.17, 15) is 9.50 Å². The molecule has 1 atom stereocenters. The molecule has 3 nitrogen and oxygen atoms in total. The summed E-state index contributed by atoms with van der Waals surface area (Å²) in [6.45, 7) is 2.18. The maximum atomic E-state index is 13.3. The molecule has 0 heterocycles. The molecule has 0 bridgehead atoms. The number of anilines is 1. The Balaban J connectivity index is 2.28. The van der Waals surface area contributed by atoms with Crippen molar-refractivity contribution in [2.75, 3.05) is 11.9 Å². The van der Waals surface area contributed by atoms with E-state index >= 15 is 0 Å². The second kappa shape index (κ2) is 6.38. The Morgan fingerprint density at radius 2 is 2.05 bits per heavy atom. The molecule has 0 saturated heterocycles. The zero-order chi connectivity index (χ0) is 15.4. The van der Waals surface area contributed by atoms with Gasteiger partial charge in [-0.25, -0.2) is 4.39 Å². The van der Waals surface area contributed by atoms with Gasteiger partial charge in [0.1, 0.15) is 5.82 Å². The molecule has 4 heteroatoms. The molecule has 21 heavy (non-hydrogen) atoms. The summed E-state index contributed by atoms with van der Waals surface area (Å²) in [6, 6.07) is 13.8. The molecule has 0 saturated carbocycles. The van der Waals surface area contributed by atoms with Crippen molar-refractivity contribution >= 4 is 5.69 Å². The standard InChI is InChI=1S/C17H17FN2O/c1-12(21)16-9-15(18)6-7-17(16)20(2)11-14-5-3-4-13(8-14)10-19/h3-9,12,21H,11H2,1-2H3/t12-/m0/s1. The molecular weight excluding hydrogens is 267 g/mol. The third kappa shape index (κ3) is 3.59. The first-order chi connectivity index (χ1) is 10.0. The number of aliphatic hydroxyl groups is 1. The predicted molar refractivity (Wildman–Crippen MR) is 80.3 cm³/mol. The fourth-order valence-corrected chi connectivity index (χ4v) is 2.31. The molecule has 2 rings (SSSR count). The van der Waals surface area contributed by atoms with Crippen LogP contribution >= 0.6 is 0 Å². The molecule has 0 aliphatic rings. The highest BCUT2D eigenvalue weighted by atomic mass is 19.1. The first kappa shape index (κ1) is 15.0. The van der Waals surface area contributed by atoms with Gasteiger partial charge >= 0.3 is 0 Å². The molecule has 2 aromatic rings. The zero-order valence-electron chi connectivity index (χ0n) is 12.0. The first-order valence-electron chi connectivity index (χ1n) is 6.69. The van der Waals surface area contributed by atoms with Crippen molar-refractivity contribution in [3.63, 3.8) is 0 Å². The molecule has 0 unspecified atom stereocenters. The van der Waals surface area contributed by atoms with Gasteiger partial charge in [-0.15, -0.1) is 0 Å². The molecule has 0 radical (unpaired) electrons. The Kier molecular flexibility index (Phi) is 4.56. The van der Waals surface area contributed by atoms with Crippen molar-refractivity contribution in [3.05, 3.63) is 65.0 Å². The number of nitriles is 1. The van der Waals surface area contributed by atoms with Gasteiger partial charge in [0.15, 0.2) is 0 Å². The predicted octanol–water partition coefficient (Wildman–Crippen LogP) is 3.39. The topological polar surface area (TPSA) is 47.3 Å². The second-order valence-corrected chi connectivity index (χ2v) is 5.05. The molecule has 0 aliphatic carbocycles. The van der Waals surface area contributed by atoms with Gasteiger partial charge in [-0.3, -0.25) is 0 Å². The van der Waals surface area contributed by atoms with Crippen LogP contribution in [-0.2, 0) is 6.54 Å². The minimum Gasteiger partial charge on any atom is -0.389 e. The quantitative estimate of drug-likeness (QED) is 0.936. The van der Waals surface area contributed by atoms with Crippen molar-refractivity contribution in [1.82, 2.24) is 0 Å². The van der Waals surface area contributed by atoms with Crippen LogP contribution in [0.3, 0.4) is 0 Å². The van der Waals surface area contributed by atoms with Crippen LogP contribution in [0.5, 0.6) is 0 Å². The SMILES string of the molecule is C[C@H](O)c1cc(F)ccc1N(C)Cc1cccc(C#N)c1. The first-order valence-corrected chi connectivity index (χ1v) is 6.69. The Morgan fingerprint density at radius 3 is 2.71 bits per heavy atom. The van der Waals surface area contributed by atoms with Crippen molar-refractivity contribution in [1.29, 1.82) is 5.26 Å². The van der Waals surface area contributed by atoms with E-state index in [1.807, 2.05) is 30.1 Å². The summed E-state index contributed by atoms with van der Waals surface area (Å²) in [5.41, 5.74) is 2.91. The van der Waals surface area contributed by atoms with Gasteiger partial charge in [-0.1, -0.05) is 12.1 Å². The monoisotopic (exact) mass is 284 g/mol. The third-order valence-corrected chi connectivity index (χ3v) is 3.33. The Morgan fingerprint density at radius 1 is 1.29 bits per heavy atom. The highest BCUT2D eigenvalue weighted by molar-refractivity contribution is 5.54. The van der Waals surface area contributed by atoms with Crippen molar-refractivity contribution < 1.29 is 9.50 Å². The smallest absolute Gasteiger partial charge is 0.123 e. The zero-order valence-corrected chi connectivity index (χ0v) is 12.0. The summed E-state index contributed by atoms with van der Waals surface area (Å²) in [5, 5.41) is 18.7. The van der Waals surface area contributed by atoms with E-state index in [-0.39, 0.29) is 5.82 Å². The molecule has 0 spiro atoms. The number of hydrogen-bond acceptors (Lipinski definition) is 3. The molecule has 0 amide bonds. The van der Waals surface area contributed by atoms with E-state index in [2.05, 4.69) is 6.07 Å². The van der Waals surface area contributed by atoms with Gasteiger partial charge < -0.3 is 10.0 Å². The number of aliphatic hydroxyl groups excluding tert-OH is 1. The molecule has 108 valence electrons. The fourth-order valence-electron chi connectivity index (χ4n) is 2.31. The number of hydrogen-bond donors (Lipinski definition) is 1. The highest BCUT2D eigenvalue weighted by Gasteiger charge is 2.13. The normalized spacial score (nSPS) is 11.8. The average Bonchev–Trinajstić information content (AvgIpc) is 2.47. The molecule has 1 N–H and O–H groups in total. The Hall–Kier alpha value is -2.38. The van der Waals surface area contributed by atoms with Gasteiger partial charge in [-0.05, 0) is 42.8 Å². The van der Waals surface area contributed by atoms with Crippen LogP contribution in [-0.4, -0.2) is 12.2 Å². The summed E-state index contributed by atoms with van der Waals surface area (Å²) in [7, 11) is 1.87. The summed E-state index contributed by atoms with van der Waals surface area (Å²) in [5.74, 6) is -0.366. The maximum absolute atomic E-state index is 13.3. The van der Waals surface area contributed by atoms with E-state index in [1.54, 1.807) is 19.1 Å². The van der Waals surface area contributed by atoms with Gasteiger partial charge in [0.2, 0.25) is 0 Å².